The fourth-order valence-corrected chi connectivity index (χ4v) is 6.16. The summed E-state index contributed by atoms with van der Waals surface area (Å²) < 4.78 is 32.1. The molecule has 37 heavy (non-hydrogen) atoms. The summed E-state index contributed by atoms with van der Waals surface area (Å²) >= 11 is 0. The van der Waals surface area contributed by atoms with E-state index in [0.717, 1.165) is 22.3 Å². The van der Waals surface area contributed by atoms with Crippen LogP contribution in [0.5, 0.6) is 0 Å². The third-order valence-electron chi connectivity index (χ3n) is 6.74. The zero-order valence-corrected chi connectivity index (χ0v) is 22.1. The summed E-state index contributed by atoms with van der Waals surface area (Å²) in [5.74, 6) is -0.672. The number of carbonyl (C=O) groups excluding carboxylic acids is 1. The van der Waals surface area contributed by atoms with Crippen molar-refractivity contribution in [2.24, 2.45) is 14.1 Å². The molecule has 5 rings (SSSR count). The molecule has 0 saturated heterocycles. The van der Waals surface area contributed by atoms with Gasteiger partial charge in [0.2, 0.25) is 5.91 Å². The maximum Gasteiger partial charge on any atom is 0.264 e. The van der Waals surface area contributed by atoms with Crippen LogP contribution >= 0.6 is 0 Å². The van der Waals surface area contributed by atoms with E-state index in [2.05, 4.69) is 19.6 Å². The summed E-state index contributed by atoms with van der Waals surface area (Å²) in [6, 6.07) is 11.1. The van der Waals surface area contributed by atoms with E-state index < -0.39 is 15.9 Å². The molecule has 10 nitrogen and oxygen atoms in total. The third kappa shape index (κ3) is 4.14. The van der Waals surface area contributed by atoms with Crippen LogP contribution in [0.15, 0.2) is 58.5 Å². The highest BCUT2D eigenvalue weighted by Crippen LogP contribution is 2.44. The van der Waals surface area contributed by atoms with Gasteiger partial charge in [-0.25, -0.2) is 13.1 Å². The zero-order chi connectivity index (χ0) is 26.6. The molecule has 2 aromatic carbocycles. The van der Waals surface area contributed by atoms with Crippen LogP contribution in [0.2, 0.25) is 0 Å². The number of carbonyl (C=O) groups is 1. The smallest absolute Gasteiger partial charge is 0.264 e. The zero-order valence-electron chi connectivity index (χ0n) is 21.3. The van der Waals surface area contributed by atoms with Crippen molar-refractivity contribution in [1.29, 1.82) is 0 Å². The van der Waals surface area contributed by atoms with Gasteiger partial charge in [-0.1, -0.05) is 6.07 Å². The summed E-state index contributed by atoms with van der Waals surface area (Å²) in [4.78, 5) is 28.5. The first-order chi connectivity index (χ1) is 17.5. The molecule has 0 fully saturated rings. The van der Waals surface area contributed by atoms with Gasteiger partial charge in [0, 0.05) is 69.4 Å². The lowest BCUT2D eigenvalue weighted by atomic mass is 10.0. The highest BCUT2D eigenvalue weighted by Gasteiger charge is 2.30. The van der Waals surface area contributed by atoms with Crippen molar-refractivity contribution >= 4 is 43.9 Å². The Kier molecular flexibility index (Phi) is 5.82. The molecule has 2 aromatic heterocycles. The quantitative estimate of drug-likeness (QED) is 0.441. The number of hydrogen-bond acceptors (Lipinski definition) is 7. The minimum Gasteiger partial charge on any atom is -0.371 e. The lowest BCUT2D eigenvalue weighted by Gasteiger charge is -2.38. The van der Waals surface area contributed by atoms with Gasteiger partial charge in [-0.05, 0) is 37.3 Å². The Morgan fingerprint density at radius 1 is 1.03 bits per heavy atom. The van der Waals surface area contributed by atoms with Crippen molar-refractivity contribution in [3.63, 3.8) is 0 Å². The van der Waals surface area contributed by atoms with E-state index in [9.17, 15) is 18.0 Å². The van der Waals surface area contributed by atoms with E-state index in [1.54, 1.807) is 48.7 Å². The fourth-order valence-electron chi connectivity index (χ4n) is 4.94. The molecule has 0 spiro atoms. The van der Waals surface area contributed by atoms with Crippen LogP contribution in [0.3, 0.4) is 0 Å². The van der Waals surface area contributed by atoms with E-state index in [4.69, 9.17) is 0 Å². The number of nitrogens with zero attached hydrogens (tertiary/aromatic N) is 5. The van der Waals surface area contributed by atoms with Crippen LogP contribution < -0.4 is 20.1 Å². The standard InChI is InChI=1S/C26H28N6O4S/c1-16-11-20-21(31(5)26(16)34)7-6-8-22(20)32-10-9-29(3)23-12-19(18-14-27-30(4)15-18)25(13-24(23)32)37(35,36)28-17(2)33/h6-8,11-15H,9-10H2,1-5H3,(H,28,33). The molecular formula is C26H28N6O4S. The van der Waals surface area contributed by atoms with Gasteiger partial charge in [0.05, 0.1) is 33.7 Å². The number of pyridine rings is 1. The summed E-state index contributed by atoms with van der Waals surface area (Å²) in [6.45, 7) is 4.24. The van der Waals surface area contributed by atoms with E-state index in [1.807, 2.05) is 37.4 Å². The van der Waals surface area contributed by atoms with Crippen molar-refractivity contribution in [1.82, 2.24) is 19.1 Å². The minimum atomic E-state index is -4.17. The van der Waals surface area contributed by atoms with Crippen molar-refractivity contribution in [2.45, 2.75) is 18.7 Å². The molecule has 0 radical (unpaired) electrons. The predicted molar refractivity (Wildman–Crippen MR) is 144 cm³/mol. The Morgan fingerprint density at radius 3 is 2.46 bits per heavy atom. The summed E-state index contributed by atoms with van der Waals surface area (Å²) in [5.41, 5.74) is 4.80. The maximum atomic E-state index is 13.4. The van der Waals surface area contributed by atoms with Crippen molar-refractivity contribution in [2.75, 3.05) is 29.9 Å². The molecule has 1 N–H and O–H groups in total. The number of nitrogens with one attached hydrogen (secondary N) is 1. The van der Waals surface area contributed by atoms with Crippen LogP contribution in [-0.4, -0.2) is 48.8 Å². The number of hydrogen-bond donors (Lipinski definition) is 1. The second kappa shape index (κ2) is 8.77. The Bertz CT molecular complexity index is 1740. The summed E-state index contributed by atoms with van der Waals surface area (Å²) in [6.07, 6.45) is 3.34. The third-order valence-corrected chi connectivity index (χ3v) is 8.21. The monoisotopic (exact) mass is 520 g/mol. The molecule has 0 saturated carbocycles. The van der Waals surface area contributed by atoms with Gasteiger partial charge in [-0.15, -0.1) is 0 Å². The molecule has 1 aliphatic rings. The first-order valence-corrected chi connectivity index (χ1v) is 13.2. The predicted octanol–water partition coefficient (Wildman–Crippen LogP) is 2.66. The Labute approximate surface area is 214 Å². The van der Waals surface area contributed by atoms with E-state index in [0.29, 0.717) is 35.5 Å². The Hall–Kier alpha value is -4.12. The molecule has 0 aliphatic carbocycles. The minimum absolute atomic E-state index is 0.0152. The van der Waals surface area contributed by atoms with Crippen LogP contribution in [0.4, 0.5) is 17.1 Å². The second-order valence-corrected chi connectivity index (χ2v) is 11.0. The SMILES string of the molecule is CC(=O)NS(=O)(=O)c1cc2c(cc1-c1cnn(C)c1)N(C)CCN2c1cccc2c1cc(C)c(=O)n2C. The second-order valence-electron chi connectivity index (χ2n) is 9.38. The molecule has 0 unspecified atom stereocenters. The van der Waals surface area contributed by atoms with Crippen LogP contribution in [0, 0.1) is 6.92 Å². The molecular weight excluding hydrogens is 492 g/mol. The highest BCUT2D eigenvalue weighted by atomic mass is 32.2. The van der Waals surface area contributed by atoms with Gasteiger partial charge in [0.1, 0.15) is 0 Å². The van der Waals surface area contributed by atoms with E-state index in [-0.39, 0.29) is 10.5 Å². The topological polar surface area (TPSA) is 110 Å². The average molecular weight is 521 g/mol. The van der Waals surface area contributed by atoms with Crippen molar-refractivity contribution < 1.29 is 13.2 Å². The number of sulfonamides is 1. The molecule has 11 heteroatoms. The van der Waals surface area contributed by atoms with Gasteiger partial charge in [0.25, 0.3) is 15.6 Å². The number of anilines is 3. The summed E-state index contributed by atoms with van der Waals surface area (Å²) in [7, 11) is 1.29. The van der Waals surface area contributed by atoms with Gasteiger partial charge in [-0.3, -0.25) is 14.3 Å². The van der Waals surface area contributed by atoms with Gasteiger partial charge < -0.3 is 14.4 Å². The number of rotatable bonds is 4. The Morgan fingerprint density at radius 2 is 1.78 bits per heavy atom. The molecule has 1 amide bonds. The number of benzene rings is 2. The number of fused-ring (bicyclic) bond motifs is 2. The molecule has 3 heterocycles. The molecule has 1 aliphatic heterocycles. The van der Waals surface area contributed by atoms with E-state index in [1.165, 1.54) is 6.92 Å². The number of aromatic nitrogens is 3. The highest BCUT2D eigenvalue weighted by molar-refractivity contribution is 7.90. The van der Waals surface area contributed by atoms with Crippen LogP contribution in [-0.2, 0) is 28.9 Å². The van der Waals surface area contributed by atoms with E-state index >= 15 is 0 Å². The fraction of sp³-hybridized carbons (Fsp3) is 0.269. The van der Waals surface area contributed by atoms with Crippen molar-refractivity contribution in [3.8, 4) is 11.1 Å². The Balaban J connectivity index is 1.80. The maximum absolute atomic E-state index is 13.4. The number of likely N-dealkylation sites (N-methyl/N-ethyl adjacent to an activating group) is 1. The van der Waals surface area contributed by atoms with Crippen LogP contribution in [0.1, 0.15) is 12.5 Å². The average Bonchev–Trinajstić information content (AvgIpc) is 3.27. The normalized spacial score (nSPS) is 13.6. The first-order valence-electron chi connectivity index (χ1n) is 11.8. The number of amides is 1. The van der Waals surface area contributed by atoms with Gasteiger partial charge >= 0.3 is 0 Å². The van der Waals surface area contributed by atoms with Gasteiger partial charge in [-0.2, -0.15) is 5.10 Å². The molecule has 0 atom stereocenters. The lowest BCUT2D eigenvalue weighted by molar-refractivity contribution is -0.117. The molecule has 0 bridgehead atoms. The largest absolute Gasteiger partial charge is 0.371 e. The lowest BCUT2D eigenvalue weighted by Crippen LogP contribution is -2.37. The first kappa shape index (κ1) is 24.6. The summed E-state index contributed by atoms with van der Waals surface area (Å²) in [5, 5.41) is 5.10. The molecule has 4 aromatic rings. The molecule has 192 valence electrons. The van der Waals surface area contributed by atoms with Crippen molar-refractivity contribution in [3.05, 3.63) is 64.7 Å². The van der Waals surface area contributed by atoms with Gasteiger partial charge in [0.15, 0.2) is 0 Å². The van der Waals surface area contributed by atoms with Crippen LogP contribution in [0.25, 0.3) is 22.0 Å². The number of aryl methyl sites for hydroxylation is 3.